The van der Waals surface area contributed by atoms with Crippen LogP contribution in [0.4, 0.5) is 0 Å². The topological polar surface area (TPSA) is 40.6 Å². The summed E-state index contributed by atoms with van der Waals surface area (Å²) in [7, 11) is 2.25. The molecule has 3 aromatic heterocycles. The number of aryl methyl sites for hydroxylation is 1. The third kappa shape index (κ3) is 6.54. The van der Waals surface area contributed by atoms with Gasteiger partial charge in [0.15, 0.2) is 0 Å². The van der Waals surface area contributed by atoms with Gasteiger partial charge >= 0.3 is 0 Å². The van der Waals surface area contributed by atoms with E-state index in [-0.39, 0.29) is 10.8 Å². The van der Waals surface area contributed by atoms with Gasteiger partial charge in [0.05, 0.1) is 33.1 Å². The Bertz CT molecular complexity index is 3330. The molecule has 0 N–H and O–H groups in total. The van der Waals surface area contributed by atoms with Crippen molar-refractivity contribution in [1.29, 1.82) is 0 Å². The molecule has 0 fully saturated rings. The maximum absolute atomic E-state index is 5.26. The number of fused-ring (bicyclic) bond motifs is 5. The molecule has 0 saturated heterocycles. The predicted molar refractivity (Wildman–Crippen MR) is 269 cm³/mol. The molecule has 0 spiro atoms. The molecule has 5 nitrogen and oxygen atoms in total. The van der Waals surface area contributed by atoms with Gasteiger partial charge in [-0.25, -0.2) is 9.97 Å². The molecular formula is C59H51N5. The Morgan fingerprint density at radius 2 is 0.750 bits per heavy atom. The van der Waals surface area contributed by atoms with Gasteiger partial charge < -0.3 is 4.57 Å². The van der Waals surface area contributed by atoms with E-state index >= 15 is 0 Å². The van der Waals surface area contributed by atoms with Crippen molar-refractivity contribution in [3.05, 3.63) is 193 Å². The highest BCUT2D eigenvalue weighted by molar-refractivity contribution is 6.17. The van der Waals surface area contributed by atoms with E-state index in [0.29, 0.717) is 0 Å². The molecule has 0 amide bonds. The van der Waals surface area contributed by atoms with E-state index in [1.807, 2.05) is 0 Å². The molecule has 0 saturated carbocycles. The van der Waals surface area contributed by atoms with E-state index in [4.69, 9.17) is 9.97 Å². The van der Waals surface area contributed by atoms with E-state index < -0.39 is 0 Å². The number of nitrogens with zero attached hydrogens (tertiary/aromatic N) is 5. The second kappa shape index (κ2) is 14.8. The highest BCUT2D eigenvalue weighted by Crippen LogP contribution is 2.45. The zero-order chi connectivity index (χ0) is 43.9. The highest BCUT2D eigenvalue weighted by atomic mass is 15.1. The van der Waals surface area contributed by atoms with E-state index in [1.165, 1.54) is 44.1 Å². The van der Waals surface area contributed by atoms with Crippen molar-refractivity contribution < 1.29 is 0 Å². The summed E-state index contributed by atoms with van der Waals surface area (Å²) in [6.07, 6.45) is 0. The van der Waals surface area contributed by atoms with E-state index in [2.05, 4.69) is 244 Å². The van der Waals surface area contributed by atoms with Crippen LogP contribution in [0.2, 0.25) is 0 Å². The van der Waals surface area contributed by atoms with Gasteiger partial charge in [-0.05, 0) is 118 Å². The average Bonchev–Trinajstić information content (AvgIpc) is 3.99. The minimum absolute atomic E-state index is 0.0903. The summed E-state index contributed by atoms with van der Waals surface area (Å²) in [5.41, 5.74) is 18.0. The molecule has 0 radical (unpaired) electrons. The minimum atomic E-state index is -0.0903. The van der Waals surface area contributed by atoms with Gasteiger partial charge in [-0.2, -0.15) is 0 Å². The maximum Gasteiger partial charge on any atom is 0.145 e. The summed E-state index contributed by atoms with van der Waals surface area (Å²) in [6, 6.07) is 65.7. The molecule has 64 heavy (non-hydrogen) atoms. The molecule has 11 rings (SSSR count). The summed E-state index contributed by atoms with van der Waals surface area (Å²) < 4.78 is 7.03. The Hall–Kier alpha value is -7.50. The van der Waals surface area contributed by atoms with Crippen LogP contribution in [0.25, 0.3) is 100 Å². The Balaban J connectivity index is 1.16. The van der Waals surface area contributed by atoms with Crippen LogP contribution in [0, 0.1) is 0 Å². The molecule has 0 unspecified atom stereocenters. The fourth-order valence-corrected chi connectivity index (χ4v) is 9.59. The number of hydrogen-bond acceptors (Lipinski definition) is 2. The Morgan fingerprint density at radius 3 is 1.16 bits per heavy atom. The minimum Gasteiger partial charge on any atom is -0.343 e. The lowest BCUT2D eigenvalue weighted by molar-refractivity contribution is 0.590. The van der Waals surface area contributed by atoms with Gasteiger partial charge in [-0.1, -0.05) is 139 Å². The fraction of sp³-hybridized carbons (Fsp3) is 0.153. The third-order valence-electron chi connectivity index (χ3n) is 12.9. The van der Waals surface area contributed by atoms with E-state index in [0.717, 1.165) is 67.3 Å². The van der Waals surface area contributed by atoms with Crippen molar-refractivity contribution in [3.63, 3.8) is 0 Å². The predicted octanol–water partition coefficient (Wildman–Crippen LogP) is 15.3. The lowest BCUT2D eigenvalue weighted by atomic mass is 9.82. The summed E-state index contributed by atoms with van der Waals surface area (Å²) in [5.74, 6) is 1.85. The van der Waals surface area contributed by atoms with Gasteiger partial charge in [0.2, 0.25) is 0 Å². The smallest absolute Gasteiger partial charge is 0.145 e. The first-order chi connectivity index (χ1) is 30.9. The standard InChI is InChI=1S/C59H51N5/c1-58(2,3)42-34-46(38-20-18-22-40(32-38)56-60-50-28-14-16-30-52(50)63(56)44-24-10-8-11-25-44)54-48(36-42)49-37-43(59(4,5)6)35-47(55(49)62(54)7)39-21-19-23-41(33-39)57-61-51-29-15-17-31-53(51)64(57)45-26-12-9-13-27-45/h8-37H,1-7H3. The van der Waals surface area contributed by atoms with Crippen LogP contribution in [0.5, 0.6) is 0 Å². The van der Waals surface area contributed by atoms with Crippen LogP contribution in [-0.2, 0) is 17.9 Å². The molecule has 0 bridgehead atoms. The quantitative estimate of drug-likeness (QED) is 0.167. The number of hydrogen-bond donors (Lipinski definition) is 0. The van der Waals surface area contributed by atoms with Crippen LogP contribution in [-0.4, -0.2) is 23.7 Å². The van der Waals surface area contributed by atoms with Gasteiger partial charge in [-0.15, -0.1) is 0 Å². The number of para-hydroxylation sites is 6. The number of rotatable bonds is 6. The van der Waals surface area contributed by atoms with Crippen molar-refractivity contribution >= 4 is 43.9 Å². The summed E-state index contributed by atoms with van der Waals surface area (Å²) >= 11 is 0. The van der Waals surface area contributed by atoms with Crippen molar-refractivity contribution in [2.75, 3.05) is 0 Å². The van der Waals surface area contributed by atoms with Crippen LogP contribution < -0.4 is 0 Å². The third-order valence-corrected chi connectivity index (χ3v) is 12.9. The second-order valence-electron chi connectivity index (χ2n) is 19.3. The lowest BCUT2D eigenvalue weighted by Gasteiger charge is -2.22. The lowest BCUT2D eigenvalue weighted by Crippen LogP contribution is -2.11. The first-order valence-corrected chi connectivity index (χ1v) is 22.3. The Morgan fingerprint density at radius 1 is 0.375 bits per heavy atom. The molecule has 3 heterocycles. The SMILES string of the molecule is Cn1c2c(-c3cccc(-c4nc5ccccc5n4-c4ccccc4)c3)cc(C(C)(C)C)cc2c2cc(C(C)(C)C)cc(-c3cccc(-c4nc5ccccc5n4-c4ccccc4)c3)c21. The molecule has 5 heteroatoms. The van der Waals surface area contributed by atoms with Crippen LogP contribution >= 0.6 is 0 Å². The highest BCUT2D eigenvalue weighted by Gasteiger charge is 2.26. The number of imidazole rings is 2. The number of aromatic nitrogens is 5. The van der Waals surface area contributed by atoms with Crippen molar-refractivity contribution in [3.8, 4) is 56.4 Å². The second-order valence-corrected chi connectivity index (χ2v) is 19.3. The Labute approximate surface area is 374 Å². The molecule has 11 aromatic rings. The van der Waals surface area contributed by atoms with Crippen LogP contribution in [0.3, 0.4) is 0 Å². The monoisotopic (exact) mass is 829 g/mol. The zero-order valence-electron chi connectivity index (χ0n) is 37.6. The van der Waals surface area contributed by atoms with Crippen molar-refractivity contribution in [1.82, 2.24) is 23.7 Å². The van der Waals surface area contributed by atoms with Gasteiger partial charge in [-0.3, -0.25) is 9.13 Å². The maximum atomic E-state index is 5.26. The van der Waals surface area contributed by atoms with E-state index in [9.17, 15) is 0 Å². The van der Waals surface area contributed by atoms with Crippen molar-refractivity contribution in [2.45, 2.75) is 52.4 Å². The molecular weight excluding hydrogens is 779 g/mol. The largest absolute Gasteiger partial charge is 0.343 e. The molecule has 0 aliphatic heterocycles. The normalized spacial score (nSPS) is 12.3. The molecule has 8 aromatic carbocycles. The van der Waals surface area contributed by atoms with Crippen molar-refractivity contribution in [2.24, 2.45) is 7.05 Å². The molecule has 0 aliphatic carbocycles. The summed E-state index contributed by atoms with van der Waals surface area (Å²) in [4.78, 5) is 10.5. The summed E-state index contributed by atoms with van der Waals surface area (Å²) in [6.45, 7) is 13.9. The Kier molecular flexibility index (Phi) is 9.11. The molecule has 312 valence electrons. The van der Waals surface area contributed by atoms with Gasteiger partial charge in [0.1, 0.15) is 11.6 Å². The zero-order valence-corrected chi connectivity index (χ0v) is 37.6. The van der Waals surface area contributed by atoms with Crippen LogP contribution in [0.1, 0.15) is 52.7 Å². The summed E-state index contributed by atoms with van der Waals surface area (Å²) in [5, 5.41) is 2.52. The first-order valence-electron chi connectivity index (χ1n) is 22.3. The molecule has 0 aliphatic rings. The number of benzene rings is 8. The first kappa shape index (κ1) is 39.4. The van der Waals surface area contributed by atoms with E-state index in [1.54, 1.807) is 0 Å². The molecule has 0 atom stereocenters. The van der Waals surface area contributed by atoms with Crippen LogP contribution in [0.15, 0.2) is 182 Å². The van der Waals surface area contributed by atoms with Gasteiger partial charge in [0, 0.05) is 51.4 Å². The average molecular weight is 830 g/mol. The van der Waals surface area contributed by atoms with Gasteiger partial charge in [0.25, 0.3) is 0 Å². The fourth-order valence-electron chi connectivity index (χ4n) is 9.59.